The van der Waals surface area contributed by atoms with Gasteiger partial charge in [-0.25, -0.2) is 0 Å². The van der Waals surface area contributed by atoms with Crippen LogP contribution in [0.2, 0.25) is 0 Å². The van der Waals surface area contributed by atoms with Crippen LogP contribution < -0.4 is 0 Å². The highest BCUT2D eigenvalue weighted by atomic mass is 16.7. The molecule has 0 N–H and O–H groups in total. The van der Waals surface area contributed by atoms with Gasteiger partial charge in [-0.3, -0.25) is 14.4 Å². The molecule has 5 atom stereocenters. The summed E-state index contributed by atoms with van der Waals surface area (Å²) in [6.45, 7) is 5.29. The largest absolute Gasteiger partial charge is 0.460 e. The summed E-state index contributed by atoms with van der Waals surface area (Å²) in [5.74, 6) is -1.64. The van der Waals surface area contributed by atoms with Crippen LogP contribution in [0, 0.1) is 0 Å². The predicted octanol–water partition coefficient (Wildman–Crippen LogP) is 0.173. The SMILES string of the molecule is COC1O[C@H]([C@H](C)OC(C)=O)[C@@H](OC(C)=O)[C@@H]1OC(C)=O. The Labute approximate surface area is 122 Å². The Hall–Kier alpha value is -1.67. The molecule has 0 aliphatic carbocycles. The van der Waals surface area contributed by atoms with Crippen LogP contribution in [0.1, 0.15) is 27.7 Å². The van der Waals surface area contributed by atoms with Gasteiger partial charge in [0.2, 0.25) is 0 Å². The van der Waals surface area contributed by atoms with Crippen molar-refractivity contribution >= 4 is 17.9 Å². The molecule has 21 heavy (non-hydrogen) atoms. The Balaban J connectivity index is 2.96. The Morgan fingerprint density at radius 1 is 0.952 bits per heavy atom. The molecule has 1 unspecified atom stereocenters. The van der Waals surface area contributed by atoms with Crippen LogP contribution in [0.3, 0.4) is 0 Å². The van der Waals surface area contributed by atoms with Crippen LogP contribution in [-0.4, -0.2) is 55.7 Å². The van der Waals surface area contributed by atoms with E-state index < -0.39 is 48.6 Å². The molecule has 1 fully saturated rings. The standard InChI is InChI=1S/C13H20O8/c1-6(18-7(2)14)10-11(19-8(3)15)12(20-9(4)16)13(17-5)21-10/h6,10-13H,1-5H3/t6-,10+,11+,12-,13?/m0/s1. The topological polar surface area (TPSA) is 97.4 Å². The van der Waals surface area contributed by atoms with Gasteiger partial charge in [-0.2, -0.15) is 0 Å². The Morgan fingerprint density at radius 3 is 1.90 bits per heavy atom. The maximum Gasteiger partial charge on any atom is 0.303 e. The van der Waals surface area contributed by atoms with Crippen molar-refractivity contribution in [2.24, 2.45) is 0 Å². The average molecular weight is 304 g/mol. The minimum Gasteiger partial charge on any atom is -0.460 e. The molecule has 1 aliphatic rings. The number of rotatable bonds is 5. The number of methoxy groups -OCH3 is 1. The first kappa shape index (κ1) is 17.4. The third-order valence-electron chi connectivity index (χ3n) is 2.86. The van der Waals surface area contributed by atoms with E-state index in [0.717, 1.165) is 0 Å². The zero-order valence-corrected chi connectivity index (χ0v) is 12.7. The molecule has 0 spiro atoms. The third kappa shape index (κ3) is 4.68. The van der Waals surface area contributed by atoms with Gasteiger partial charge < -0.3 is 23.7 Å². The molecular formula is C13H20O8. The second-order valence-corrected chi connectivity index (χ2v) is 4.67. The van der Waals surface area contributed by atoms with E-state index in [-0.39, 0.29) is 0 Å². The third-order valence-corrected chi connectivity index (χ3v) is 2.86. The molecule has 8 heteroatoms. The Kier molecular flexibility index (Phi) is 6.10. The van der Waals surface area contributed by atoms with E-state index in [1.165, 1.54) is 27.9 Å². The fourth-order valence-corrected chi connectivity index (χ4v) is 2.19. The molecule has 1 aliphatic heterocycles. The van der Waals surface area contributed by atoms with E-state index in [4.69, 9.17) is 23.7 Å². The van der Waals surface area contributed by atoms with Crippen molar-refractivity contribution in [2.45, 2.75) is 58.4 Å². The molecule has 1 rings (SSSR count). The van der Waals surface area contributed by atoms with Crippen molar-refractivity contribution in [3.05, 3.63) is 0 Å². The maximum absolute atomic E-state index is 11.2. The van der Waals surface area contributed by atoms with Crippen molar-refractivity contribution in [3.63, 3.8) is 0 Å². The molecule has 1 saturated heterocycles. The molecule has 0 aromatic heterocycles. The van der Waals surface area contributed by atoms with Crippen molar-refractivity contribution in [2.75, 3.05) is 7.11 Å². The predicted molar refractivity (Wildman–Crippen MR) is 68.0 cm³/mol. The zero-order chi connectivity index (χ0) is 16.2. The van der Waals surface area contributed by atoms with Crippen molar-refractivity contribution in [3.8, 4) is 0 Å². The van der Waals surface area contributed by atoms with Gasteiger partial charge in [0.25, 0.3) is 0 Å². The van der Waals surface area contributed by atoms with E-state index in [1.54, 1.807) is 6.92 Å². The molecular weight excluding hydrogens is 284 g/mol. The molecule has 8 nitrogen and oxygen atoms in total. The zero-order valence-electron chi connectivity index (χ0n) is 12.7. The number of carbonyl (C=O) groups excluding carboxylic acids is 3. The van der Waals surface area contributed by atoms with Gasteiger partial charge in [-0.1, -0.05) is 0 Å². The van der Waals surface area contributed by atoms with Gasteiger partial charge in [0.05, 0.1) is 0 Å². The lowest BCUT2D eigenvalue weighted by atomic mass is 10.1. The molecule has 0 bridgehead atoms. The normalized spacial score (nSPS) is 29.6. The van der Waals surface area contributed by atoms with Crippen LogP contribution >= 0.6 is 0 Å². The first-order valence-corrected chi connectivity index (χ1v) is 6.46. The minimum absolute atomic E-state index is 0.502. The summed E-state index contributed by atoms with van der Waals surface area (Å²) in [4.78, 5) is 33.5. The van der Waals surface area contributed by atoms with E-state index in [9.17, 15) is 14.4 Å². The van der Waals surface area contributed by atoms with Gasteiger partial charge >= 0.3 is 17.9 Å². The van der Waals surface area contributed by atoms with Gasteiger partial charge in [-0.05, 0) is 6.92 Å². The number of ether oxygens (including phenoxy) is 5. The quantitative estimate of drug-likeness (QED) is 0.524. The molecule has 0 saturated carbocycles. The second-order valence-electron chi connectivity index (χ2n) is 4.67. The van der Waals surface area contributed by atoms with E-state index in [2.05, 4.69) is 0 Å². The van der Waals surface area contributed by atoms with Crippen molar-refractivity contribution in [1.29, 1.82) is 0 Å². The summed E-state index contributed by atoms with van der Waals surface area (Å²) in [5.41, 5.74) is 0. The first-order valence-electron chi connectivity index (χ1n) is 6.46. The van der Waals surface area contributed by atoms with Crippen molar-refractivity contribution in [1.82, 2.24) is 0 Å². The van der Waals surface area contributed by atoms with Gasteiger partial charge in [0.1, 0.15) is 12.2 Å². The molecule has 120 valence electrons. The minimum atomic E-state index is -0.931. The van der Waals surface area contributed by atoms with Gasteiger partial charge in [0.15, 0.2) is 18.5 Å². The smallest absolute Gasteiger partial charge is 0.303 e. The summed E-state index contributed by atoms with van der Waals surface area (Å²) >= 11 is 0. The monoisotopic (exact) mass is 304 g/mol. The van der Waals surface area contributed by atoms with Crippen LogP contribution in [0.15, 0.2) is 0 Å². The molecule has 0 amide bonds. The summed E-state index contributed by atoms with van der Waals surface area (Å²) in [6.07, 6.45) is -4.27. The lowest BCUT2D eigenvalue weighted by Crippen LogP contribution is -2.44. The van der Waals surface area contributed by atoms with Crippen molar-refractivity contribution < 1.29 is 38.1 Å². The van der Waals surface area contributed by atoms with E-state index >= 15 is 0 Å². The summed E-state index contributed by atoms with van der Waals surface area (Å²) in [7, 11) is 1.37. The molecule has 0 radical (unpaired) electrons. The van der Waals surface area contributed by atoms with Crippen LogP contribution in [0.4, 0.5) is 0 Å². The van der Waals surface area contributed by atoms with Crippen LogP contribution in [-0.2, 0) is 38.1 Å². The Bertz CT molecular complexity index is 407. The van der Waals surface area contributed by atoms with E-state index in [0.29, 0.717) is 0 Å². The lowest BCUT2D eigenvalue weighted by Gasteiger charge is -2.25. The summed E-state index contributed by atoms with van der Waals surface area (Å²) < 4.78 is 25.9. The Morgan fingerprint density at radius 2 is 1.48 bits per heavy atom. The average Bonchev–Trinajstić information content (AvgIpc) is 2.65. The van der Waals surface area contributed by atoms with E-state index in [1.807, 2.05) is 0 Å². The number of hydrogen-bond donors (Lipinski definition) is 0. The second kappa shape index (κ2) is 7.37. The lowest BCUT2D eigenvalue weighted by molar-refractivity contribution is -0.185. The highest BCUT2D eigenvalue weighted by Crippen LogP contribution is 2.30. The number of hydrogen-bond acceptors (Lipinski definition) is 8. The van der Waals surface area contributed by atoms with Gasteiger partial charge in [-0.15, -0.1) is 0 Å². The fraction of sp³-hybridized carbons (Fsp3) is 0.769. The highest BCUT2D eigenvalue weighted by molar-refractivity contribution is 5.68. The number of carbonyl (C=O) groups is 3. The fourth-order valence-electron chi connectivity index (χ4n) is 2.19. The first-order chi connectivity index (χ1) is 9.76. The summed E-state index contributed by atoms with van der Waals surface area (Å²) in [5, 5.41) is 0. The van der Waals surface area contributed by atoms with Gasteiger partial charge in [0, 0.05) is 27.9 Å². The van der Waals surface area contributed by atoms with Crippen LogP contribution in [0.5, 0.6) is 0 Å². The molecule has 0 aromatic carbocycles. The number of esters is 3. The highest BCUT2D eigenvalue weighted by Gasteiger charge is 2.52. The van der Waals surface area contributed by atoms with Crippen LogP contribution in [0.25, 0.3) is 0 Å². The summed E-state index contributed by atoms with van der Waals surface area (Å²) in [6, 6.07) is 0. The maximum atomic E-state index is 11.2. The molecule has 0 aromatic rings. The molecule has 1 heterocycles.